The van der Waals surface area contributed by atoms with Crippen molar-refractivity contribution in [3.63, 3.8) is 0 Å². The second kappa shape index (κ2) is 4.75. The van der Waals surface area contributed by atoms with Crippen LogP contribution in [0.1, 0.15) is 6.92 Å². The van der Waals surface area contributed by atoms with Gasteiger partial charge in [-0.1, -0.05) is 6.07 Å². The second-order valence-corrected chi connectivity index (χ2v) is 5.39. The van der Waals surface area contributed by atoms with Crippen LogP contribution in [0, 0.1) is 11.6 Å². The molecule has 0 amide bonds. The lowest BCUT2D eigenvalue weighted by Crippen LogP contribution is -2.32. The van der Waals surface area contributed by atoms with E-state index < -0.39 is 32.6 Å². The molecule has 0 aliphatic rings. The normalized spacial score (nSPS) is 13.5. The van der Waals surface area contributed by atoms with Crippen LogP contribution in [0.3, 0.4) is 0 Å². The average molecular weight is 250 g/mol. The van der Waals surface area contributed by atoms with Gasteiger partial charge in [-0.05, 0) is 19.1 Å². The van der Waals surface area contributed by atoms with Crippen molar-refractivity contribution in [1.82, 2.24) is 0 Å². The molecule has 16 heavy (non-hydrogen) atoms. The molecule has 3 N–H and O–H groups in total. The Bertz CT molecular complexity index is 476. The van der Waals surface area contributed by atoms with Crippen molar-refractivity contribution < 1.29 is 17.2 Å². The van der Waals surface area contributed by atoms with Crippen LogP contribution in [0.15, 0.2) is 18.2 Å². The molecule has 0 saturated carbocycles. The Hall–Kier alpha value is -1.21. The molecule has 0 aliphatic carbocycles. The fourth-order valence-electron chi connectivity index (χ4n) is 0.963. The molecule has 1 rings (SSSR count). The van der Waals surface area contributed by atoms with E-state index in [2.05, 4.69) is 0 Å². The molecule has 1 unspecified atom stereocenters. The maximum atomic E-state index is 13.2. The van der Waals surface area contributed by atoms with Crippen LogP contribution in [0.2, 0.25) is 0 Å². The van der Waals surface area contributed by atoms with Crippen molar-refractivity contribution in [3.8, 4) is 0 Å². The molecule has 90 valence electrons. The van der Waals surface area contributed by atoms with Crippen molar-refractivity contribution >= 4 is 15.7 Å². The first-order chi connectivity index (χ1) is 7.38. The third-order valence-electron chi connectivity index (χ3n) is 2.07. The van der Waals surface area contributed by atoms with Crippen molar-refractivity contribution in [1.29, 1.82) is 0 Å². The number of nitrogens with two attached hydrogens (primary N) is 1. The molecule has 0 heterocycles. The fraction of sp³-hybridized carbons (Fsp3) is 0.333. The number of anilines is 1. The van der Waals surface area contributed by atoms with E-state index in [4.69, 9.17) is 5.73 Å². The monoisotopic (exact) mass is 250 g/mol. The van der Waals surface area contributed by atoms with E-state index in [-0.39, 0.29) is 6.54 Å². The molecule has 1 atom stereocenters. The Kier molecular flexibility index (Phi) is 3.82. The summed E-state index contributed by atoms with van der Waals surface area (Å²) >= 11 is 0. The molecule has 0 aromatic heterocycles. The van der Waals surface area contributed by atoms with Gasteiger partial charge >= 0.3 is 0 Å². The van der Waals surface area contributed by atoms with Gasteiger partial charge in [0.2, 0.25) is 10.0 Å². The molecule has 0 radical (unpaired) electrons. The second-order valence-electron chi connectivity index (χ2n) is 3.29. The lowest BCUT2D eigenvalue weighted by Gasteiger charge is -2.13. The molecule has 1 aromatic rings. The van der Waals surface area contributed by atoms with Crippen LogP contribution >= 0.6 is 0 Å². The molecule has 4 nitrogen and oxygen atoms in total. The topological polar surface area (TPSA) is 72.2 Å². The third-order valence-corrected chi connectivity index (χ3v) is 3.82. The van der Waals surface area contributed by atoms with Crippen LogP contribution in [-0.2, 0) is 10.0 Å². The number of hydrogen-bond donors (Lipinski definition) is 2. The van der Waals surface area contributed by atoms with Gasteiger partial charge in [0.15, 0.2) is 11.6 Å². The first-order valence-electron chi connectivity index (χ1n) is 4.54. The van der Waals surface area contributed by atoms with Gasteiger partial charge in [0.1, 0.15) is 0 Å². The first-order valence-corrected chi connectivity index (χ1v) is 6.09. The molecule has 0 spiro atoms. The average Bonchev–Trinajstić information content (AvgIpc) is 2.23. The van der Waals surface area contributed by atoms with Crippen LogP contribution < -0.4 is 10.5 Å². The van der Waals surface area contributed by atoms with E-state index in [1.165, 1.54) is 13.0 Å². The summed E-state index contributed by atoms with van der Waals surface area (Å²) in [4.78, 5) is 0. The highest BCUT2D eigenvalue weighted by Gasteiger charge is 2.21. The van der Waals surface area contributed by atoms with Crippen LogP contribution in [0.5, 0.6) is 0 Å². The minimum Gasteiger partial charge on any atom is -0.329 e. The highest BCUT2D eigenvalue weighted by molar-refractivity contribution is 7.93. The highest BCUT2D eigenvalue weighted by Crippen LogP contribution is 2.18. The molecule has 0 fully saturated rings. The quantitative estimate of drug-likeness (QED) is 0.839. The Morgan fingerprint density at radius 2 is 2.06 bits per heavy atom. The largest absolute Gasteiger partial charge is 0.329 e. The SMILES string of the molecule is CC(CN)S(=O)(=O)Nc1cccc(F)c1F. The Morgan fingerprint density at radius 1 is 1.44 bits per heavy atom. The predicted octanol–water partition coefficient (Wildman–Crippen LogP) is 1.05. The molecule has 1 aromatic carbocycles. The van der Waals surface area contributed by atoms with E-state index in [9.17, 15) is 17.2 Å². The zero-order valence-corrected chi connectivity index (χ0v) is 9.39. The zero-order chi connectivity index (χ0) is 12.3. The molecule has 0 bridgehead atoms. The number of benzene rings is 1. The highest BCUT2D eigenvalue weighted by atomic mass is 32.2. The van der Waals surface area contributed by atoms with Gasteiger partial charge in [-0.2, -0.15) is 0 Å². The molecule has 0 saturated heterocycles. The summed E-state index contributed by atoms with van der Waals surface area (Å²) in [5.41, 5.74) is 4.78. The van der Waals surface area contributed by atoms with E-state index in [0.717, 1.165) is 12.1 Å². The predicted molar refractivity (Wildman–Crippen MR) is 57.4 cm³/mol. The summed E-state index contributed by atoms with van der Waals surface area (Å²) in [6, 6.07) is 3.25. The summed E-state index contributed by atoms with van der Waals surface area (Å²) in [6.45, 7) is 1.27. The molecular weight excluding hydrogens is 238 g/mol. The van der Waals surface area contributed by atoms with Crippen LogP contribution in [0.25, 0.3) is 0 Å². The number of hydrogen-bond acceptors (Lipinski definition) is 3. The Labute approximate surface area is 92.5 Å². The van der Waals surface area contributed by atoms with E-state index >= 15 is 0 Å². The summed E-state index contributed by atoms with van der Waals surface area (Å²) < 4.78 is 51.0. The van der Waals surface area contributed by atoms with Crippen molar-refractivity contribution in [2.24, 2.45) is 5.73 Å². The van der Waals surface area contributed by atoms with E-state index in [1.54, 1.807) is 0 Å². The van der Waals surface area contributed by atoms with Gasteiger partial charge < -0.3 is 5.73 Å². The minimum absolute atomic E-state index is 0.105. The molecular formula is C9H12F2N2O2S. The Morgan fingerprint density at radius 3 is 2.62 bits per heavy atom. The van der Waals surface area contributed by atoms with Crippen molar-refractivity contribution in [3.05, 3.63) is 29.8 Å². The summed E-state index contributed by atoms with van der Waals surface area (Å²) in [5, 5.41) is -0.879. The van der Waals surface area contributed by atoms with E-state index in [0.29, 0.717) is 0 Å². The molecule has 0 aliphatic heterocycles. The smallest absolute Gasteiger partial charge is 0.236 e. The lowest BCUT2D eigenvalue weighted by molar-refractivity contribution is 0.511. The van der Waals surface area contributed by atoms with Gasteiger partial charge in [-0.25, -0.2) is 17.2 Å². The van der Waals surface area contributed by atoms with Crippen molar-refractivity contribution in [2.45, 2.75) is 12.2 Å². The number of nitrogens with one attached hydrogen (secondary N) is 1. The van der Waals surface area contributed by atoms with Crippen LogP contribution in [-0.4, -0.2) is 20.2 Å². The first kappa shape index (κ1) is 12.9. The Balaban J connectivity index is 3.02. The van der Waals surface area contributed by atoms with Gasteiger partial charge in [0.05, 0.1) is 10.9 Å². The summed E-state index contributed by atoms with van der Waals surface area (Å²) in [6.07, 6.45) is 0. The fourth-order valence-corrected chi connectivity index (χ4v) is 1.88. The maximum Gasteiger partial charge on any atom is 0.236 e. The molecule has 7 heteroatoms. The zero-order valence-electron chi connectivity index (χ0n) is 8.57. The lowest BCUT2D eigenvalue weighted by atomic mass is 10.3. The van der Waals surface area contributed by atoms with Gasteiger partial charge in [0.25, 0.3) is 0 Å². The number of rotatable bonds is 4. The van der Waals surface area contributed by atoms with Gasteiger partial charge in [-0.15, -0.1) is 0 Å². The number of sulfonamides is 1. The van der Waals surface area contributed by atoms with Gasteiger partial charge in [-0.3, -0.25) is 4.72 Å². The minimum atomic E-state index is -3.78. The third kappa shape index (κ3) is 2.67. The summed E-state index contributed by atoms with van der Waals surface area (Å²) in [7, 11) is -3.78. The standard InChI is InChI=1S/C9H12F2N2O2S/c1-6(5-12)16(14,15)13-8-4-2-3-7(10)9(8)11/h2-4,6,13H,5,12H2,1H3. The van der Waals surface area contributed by atoms with Gasteiger partial charge in [0, 0.05) is 6.54 Å². The number of halogens is 2. The van der Waals surface area contributed by atoms with Crippen molar-refractivity contribution in [2.75, 3.05) is 11.3 Å². The summed E-state index contributed by atoms with van der Waals surface area (Å²) in [5.74, 6) is -2.34. The maximum absolute atomic E-state index is 13.2. The van der Waals surface area contributed by atoms with E-state index in [1.807, 2.05) is 4.72 Å². The van der Waals surface area contributed by atoms with Crippen LogP contribution in [0.4, 0.5) is 14.5 Å².